The van der Waals surface area contributed by atoms with Gasteiger partial charge in [0.15, 0.2) is 11.5 Å². The average molecular weight is 373 g/mol. The number of halogens is 1. The molecule has 0 aliphatic carbocycles. The Hall–Kier alpha value is -2.21. The molecule has 5 nitrogen and oxygen atoms in total. The van der Waals surface area contributed by atoms with Gasteiger partial charge in [0.2, 0.25) is 0 Å². The second kappa shape index (κ2) is 6.50. The van der Waals surface area contributed by atoms with Gasteiger partial charge in [-0.25, -0.2) is 0 Å². The molecule has 3 rings (SSSR count). The Morgan fingerprint density at radius 2 is 2.09 bits per heavy atom. The van der Waals surface area contributed by atoms with Crippen LogP contribution >= 0.6 is 15.9 Å². The van der Waals surface area contributed by atoms with Crippen molar-refractivity contribution in [3.05, 3.63) is 52.6 Å². The van der Waals surface area contributed by atoms with E-state index in [1.165, 1.54) is 0 Å². The summed E-state index contributed by atoms with van der Waals surface area (Å²) in [4.78, 5) is 12.2. The van der Waals surface area contributed by atoms with Gasteiger partial charge in [0.05, 0.1) is 0 Å². The van der Waals surface area contributed by atoms with Crippen LogP contribution in [0.5, 0.6) is 0 Å². The number of pyridine rings is 1. The first kappa shape index (κ1) is 15.7. The summed E-state index contributed by atoms with van der Waals surface area (Å²) in [6, 6.07) is 11.5. The van der Waals surface area contributed by atoms with E-state index in [1.807, 2.05) is 48.7 Å². The van der Waals surface area contributed by atoms with Crippen LogP contribution in [0.25, 0.3) is 17.0 Å². The molecule has 0 saturated carbocycles. The van der Waals surface area contributed by atoms with E-state index < -0.39 is 0 Å². The Balaban J connectivity index is 1.98. The quantitative estimate of drug-likeness (QED) is 0.759. The van der Waals surface area contributed by atoms with Gasteiger partial charge in [-0.2, -0.15) is 0 Å². The molecule has 0 unspecified atom stereocenters. The Morgan fingerprint density at radius 1 is 1.30 bits per heavy atom. The Labute approximate surface area is 142 Å². The second-order valence-electron chi connectivity index (χ2n) is 5.43. The Bertz CT molecular complexity index is 859. The molecule has 2 aromatic heterocycles. The van der Waals surface area contributed by atoms with Gasteiger partial charge >= 0.3 is 0 Å². The number of amides is 1. The first-order valence-electron chi connectivity index (χ1n) is 7.50. The van der Waals surface area contributed by atoms with E-state index in [0.717, 1.165) is 22.3 Å². The molecular weight excluding hydrogens is 356 g/mol. The van der Waals surface area contributed by atoms with Crippen molar-refractivity contribution >= 4 is 27.5 Å². The average Bonchev–Trinajstić information content (AvgIpc) is 2.98. The molecule has 0 saturated heterocycles. The van der Waals surface area contributed by atoms with Crippen molar-refractivity contribution in [3.8, 4) is 11.4 Å². The molecule has 0 fully saturated rings. The number of hydrogen-bond acceptors (Lipinski definition) is 3. The first-order valence-corrected chi connectivity index (χ1v) is 8.30. The number of rotatable bonds is 4. The monoisotopic (exact) mass is 372 g/mol. The maximum atomic E-state index is 12.2. The molecule has 3 aromatic rings. The number of carbonyl (C=O) groups is 1. The largest absolute Gasteiger partial charge is 0.350 e. The van der Waals surface area contributed by atoms with E-state index in [2.05, 4.69) is 31.4 Å². The van der Waals surface area contributed by atoms with E-state index in [1.54, 1.807) is 12.1 Å². The minimum Gasteiger partial charge on any atom is -0.350 e. The molecule has 6 heteroatoms. The fraction of sp³-hybridized carbons (Fsp3) is 0.235. The molecule has 2 heterocycles. The lowest BCUT2D eigenvalue weighted by Gasteiger charge is -2.11. The van der Waals surface area contributed by atoms with Crippen LogP contribution in [0.4, 0.5) is 0 Å². The van der Waals surface area contributed by atoms with Gasteiger partial charge in [-0.05, 0) is 31.5 Å². The molecule has 118 valence electrons. The van der Waals surface area contributed by atoms with Gasteiger partial charge in [0, 0.05) is 27.8 Å². The summed E-state index contributed by atoms with van der Waals surface area (Å²) in [6.45, 7) is 4.02. The van der Waals surface area contributed by atoms with Crippen LogP contribution < -0.4 is 5.32 Å². The van der Waals surface area contributed by atoms with E-state index in [9.17, 15) is 4.79 Å². The van der Waals surface area contributed by atoms with Gasteiger partial charge in [-0.15, -0.1) is 10.2 Å². The molecular formula is C17H17BrN4O. The third-order valence-corrected chi connectivity index (χ3v) is 4.47. The van der Waals surface area contributed by atoms with Crippen molar-refractivity contribution in [3.63, 3.8) is 0 Å². The van der Waals surface area contributed by atoms with Crippen LogP contribution in [-0.2, 0) is 0 Å². The van der Waals surface area contributed by atoms with Crippen molar-refractivity contribution in [2.24, 2.45) is 0 Å². The van der Waals surface area contributed by atoms with Crippen molar-refractivity contribution in [2.75, 3.05) is 0 Å². The Morgan fingerprint density at radius 3 is 2.83 bits per heavy atom. The number of nitrogens with zero attached hydrogens (tertiary/aromatic N) is 3. The number of nitrogens with one attached hydrogen (secondary N) is 1. The highest BCUT2D eigenvalue weighted by Gasteiger charge is 2.14. The lowest BCUT2D eigenvalue weighted by atomic mass is 10.2. The highest BCUT2D eigenvalue weighted by molar-refractivity contribution is 9.10. The van der Waals surface area contributed by atoms with E-state index in [-0.39, 0.29) is 11.9 Å². The third-order valence-electron chi connectivity index (χ3n) is 3.78. The number of benzene rings is 1. The molecule has 1 N–H and O–H groups in total. The summed E-state index contributed by atoms with van der Waals surface area (Å²) >= 11 is 3.53. The van der Waals surface area contributed by atoms with E-state index in [0.29, 0.717) is 11.2 Å². The minimum absolute atomic E-state index is 0.0905. The maximum Gasteiger partial charge on any atom is 0.251 e. The number of fused-ring (bicyclic) bond motifs is 1. The predicted octanol–water partition coefficient (Wildman–Crippen LogP) is 3.69. The van der Waals surface area contributed by atoms with E-state index in [4.69, 9.17) is 0 Å². The van der Waals surface area contributed by atoms with Crippen LogP contribution in [0, 0.1) is 0 Å². The molecule has 0 bridgehead atoms. The van der Waals surface area contributed by atoms with Crippen LogP contribution in [0.1, 0.15) is 30.6 Å². The van der Waals surface area contributed by atoms with Crippen LogP contribution in [-0.4, -0.2) is 26.5 Å². The van der Waals surface area contributed by atoms with Gasteiger partial charge in [0.1, 0.15) is 0 Å². The summed E-state index contributed by atoms with van der Waals surface area (Å²) in [5, 5.41) is 11.4. The van der Waals surface area contributed by atoms with Crippen molar-refractivity contribution in [1.82, 2.24) is 19.9 Å². The van der Waals surface area contributed by atoms with Gasteiger partial charge in [-0.1, -0.05) is 41.1 Å². The van der Waals surface area contributed by atoms with Gasteiger partial charge in [-0.3, -0.25) is 9.20 Å². The number of carbonyl (C=O) groups excluding carboxylic acids is 1. The predicted molar refractivity (Wildman–Crippen MR) is 93.3 cm³/mol. The van der Waals surface area contributed by atoms with Crippen LogP contribution in [0.2, 0.25) is 0 Å². The molecule has 1 aromatic carbocycles. The highest BCUT2D eigenvalue weighted by atomic mass is 79.9. The van der Waals surface area contributed by atoms with Crippen LogP contribution in [0.3, 0.4) is 0 Å². The normalized spacial score (nSPS) is 12.3. The van der Waals surface area contributed by atoms with Crippen molar-refractivity contribution in [2.45, 2.75) is 26.3 Å². The highest BCUT2D eigenvalue weighted by Crippen LogP contribution is 2.26. The molecule has 0 aliphatic heterocycles. The lowest BCUT2D eigenvalue weighted by Crippen LogP contribution is -2.31. The second-order valence-corrected chi connectivity index (χ2v) is 6.28. The molecule has 0 aliphatic rings. The minimum atomic E-state index is -0.0905. The Kier molecular flexibility index (Phi) is 4.43. The zero-order chi connectivity index (χ0) is 16.4. The topological polar surface area (TPSA) is 59.3 Å². The number of hydrogen-bond donors (Lipinski definition) is 1. The third kappa shape index (κ3) is 3.12. The zero-order valence-electron chi connectivity index (χ0n) is 13.0. The fourth-order valence-corrected chi connectivity index (χ4v) is 2.73. The SMILES string of the molecule is CC[C@H](C)NC(=O)c1ccn2c(-c3ccccc3Br)nnc2c1. The molecule has 0 radical (unpaired) electrons. The first-order chi connectivity index (χ1) is 11.1. The smallest absolute Gasteiger partial charge is 0.251 e. The van der Waals surface area contributed by atoms with E-state index >= 15 is 0 Å². The van der Waals surface area contributed by atoms with Crippen molar-refractivity contribution < 1.29 is 4.79 Å². The summed E-state index contributed by atoms with van der Waals surface area (Å²) in [7, 11) is 0. The van der Waals surface area contributed by atoms with Gasteiger partial charge < -0.3 is 5.32 Å². The van der Waals surface area contributed by atoms with Gasteiger partial charge in [0.25, 0.3) is 5.91 Å². The summed E-state index contributed by atoms with van der Waals surface area (Å²) < 4.78 is 2.83. The zero-order valence-corrected chi connectivity index (χ0v) is 14.5. The summed E-state index contributed by atoms with van der Waals surface area (Å²) in [5.41, 5.74) is 2.19. The molecule has 1 amide bonds. The summed E-state index contributed by atoms with van der Waals surface area (Å²) in [6.07, 6.45) is 2.72. The lowest BCUT2D eigenvalue weighted by molar-refractivity contribution is 0.0939. The van der Waals surface area contributed by atoms with Crippen molar-refractivity contribution in [1.29, 1.82) is 0 Å². The maximum absolute atomic E-state index is 12.2. The summed E-state index contributed by atoms with van der Waals surface area (Å²) in [5.74, 6) is 0.647. The fourth-order valence-electron chi connectivity index (χ4n) is 2.27. The molecule has 1 atom stereocenters. The molecule has 23 heavy (non-hydrogen) atoms. The van der Waals surface area contributed by atoms with Crippen LogP contribution in [0.15, 0.2) is 47.1 Å². The molecule has 0 spiro atoms. The number of aromatic nitrogens is 3. The standard InChI is InChI=1S/C17H17BrN4O/c1-3-11(2)19-17(23)12-8-9-22-15(10-12)20-21-16(22)13-6-4-5-7-14(13)18/h4-11H,3H2,1-2H3,(H,19,23)/t11-/m0/s1.